The molecule has 7 heteroatoms. The number of rotatable bonds is 1. The average molecular weight is 216 g/mol. The van der Waals surface area contributed by atoms with Crippen molar-refractivity contribution in [3.05, 3.63) is 0 Å². The van der Waals surface area contributed by atoms with Gasteiger partial charge in [-0.2, -0.15) is 0 Å². The first kappa shape index (κ1) is 13.1. The summed E-state index contributed by atoms with van der Waals surface area (Å²) < 4.78 is 4.76. The third-order valence-electron chi connectivity index (χ3n) is 2.03. The van der Waals surface area contributed by atoms with Crippen LogP contribution in [0.15, 0.2) is 0 Å². The summed E-state index contributed by atoms with van der Waals surface area (Å²) in [5, 5.41) is 36.3. The van der Waals surface area contributed by atoms with Crippen molar-refractivity contribution in [1.29, 1.82) is 0 Å². The second-order valence-corrected chi connectivity index (χ2v) is 2.89. The van der Waals surface area contributed by atoms with Crippen LogP contribution in [0, 0.1) is 0 Å². The van der Waals surface area contributed by atoms with Gasteiger partial charge in [-0.15, -0.1) is 0 Å². The molecule has 1 aliphatic heterocycles. The Morgan fingerprint density at radius 1 is 1.15 bits per heavy atom. The van der Waals surface area contributed by atoms with Crippen LogP contribution in [0.5, 0.6) is 0 Å². The highest BCUT2D eigenvalue weighted by Gasteiger charge is 2.43. The lowest BCUT2D eigenvalue weighted by Crippen LogP contribution is -3.00. The lowest BCUT2D eigenvalue weighted by Gasteiger charge is -2.36. The molecule has 0 radical (unpaired) electrons. The molecule has 1 heterocycles. The zero-order valence-electron chi connectivity index (χ0n) is 6.88. The smallest absolute Gasteiger partial charge is 0.211 e. The summed E-state index contributed by atoms with van der Waals surface area (Å²) in [7, 11) is 0. The summed E-state index contributed by atoms with van der Waals surface area (Å²) in [5.41, 5.74) is 3.41. The molecule has 2 unspecified atom stereocenters. The topological polar surface area (TPSA) is 118 Å². The molecule has 0 aromatic heterocycles. The summed E-state index contributed by atoms with van der Waals surface area (Å²) in [6.07, 6.45) is -4.53. The Kier molecular flexibility index (Phi) is 5.08. The van der Waals surface area contributed by atoms with Crippen molar-refractivity contribution < 1.29 is 43.3 Å². The fourth-order valence-corrected chi connectivity index (χ4v) is 1.15. The van der Waals surface area contributed by atoms with Gasteiger partial charge in [0.05, 0.1) is 6.61 Å². The van der Waals surface area contributed by atoms with Gasteiger partial charge < -0.3 is 43.3 Å². The molecule has 1 saturated heterocycles. The third-order valence-corrected chi connectivity index (χ3v) is 2.03. The monoisotopic (exact) mass is 215 g/mol. The van der Waals surface area contributed by atoms with Crippen molar-refractivity contribution in [2.75, 3.05) is 6.61 Å². The van der Waals surface area contributed by atoms with Gasteiger partial charge >= 0.3 is 0 Å². The molecule has 0 aliphatic carbocycles. The van der Waals surface area contributed by atoms with Gasteiger partial charge in [-0.3, -0.25) is 0 Å². The maximum atomic E-state index is 9.25. The number of halogens is 1. The molecule has 0 bridgehead atoms. The second-order valence-electron chi connectivity index (χ2n) is 2.89. The predicted molar refractivity (Wildman–Crippen MR) is 36.7 cm³/mol. The Morgan fingerprint density at radius 3 is 2.15 bits per heavy atom. The number of hydrogen-bond acceptors (Lipinski definition) is 5. The Morgan fingerprint density at radius 2 is 1.69 bits per heavy atom. The fraction of sp³-hybridized carbons (Fsp3) is 1.00. The van der Waals surface area contributed by atoms with Crippen molar-refractivity contribution in [1.82, 2.24) is 0 Å². The third kappa shape index (κ3) is 2.50. The van der Waals surface area contributed by atoms with E-state index < -0.39 is 37.3 Å². The fourth-order valence-electron chi connectivity index (χ4n) is 1.15. The van der Waals surface area contributed by atoms with Gasteiger partial charge in [0.2, 0.25) is 6.29 Å². The number of aliphatic hydroxyl groups excluding tert-OH is 4. The van der Waals surface area contributed by atoms with Crippen LogP contribution in [-0.2, 0) is 4.74 Å². The van der Waals surface area contributed by atoms with Crippen LogP contribution < -0.4 is 18.1 Å². The zero-order chi connectivity index (χ0) is 9.30. The molecule has 80 valence electrons. The quantitative estimate of drug-likeness (QED) is 0.298. The van der Waals surface area contributed by atoms with Crippen LogP contribution >= 0.6 is 0 Å². The molecule has 0 amide bonds. The minimum atomic E-state index is -1.24. The van der Waals surface area contributed by atoms with E-state index in [0.29, 0.717) is 0 Å². The maximum absolute atomic E-state index is 9.25. The molecule has 0 aromatic rings. The maximum Gasteiger partial charge on any atom is 0.211 e. The Bertz CT molecular complexity index is 155. The number of aliphatic hydroxyl groups is 4. The minimum absolute atomic E-state index is 0. The van der Waals surface area contributed by atoms with Gasteiger partial charge in [0.25, 0.3) is 0 Å². The van der Waals surface area contributed by atoms with E-state index in [2.05, 4.69) is 5.73 Å². The van der Waals surface area contributed by atoms with E-state index in [1.807, 2.05) is 0 Å². The largest absolute Gasteiger partial charge is 1.00 e. The van der Waals surface area contributed by atoms with Crippen LogP contribution in [0.3, 0.4) is 0 Å². The molecule has 6 nitrogen and oxygen atoms in total. The van der Waals surface area contributed by atoms with Gasteiger partial charge in [-0.05, 0) is 0 Å². The second kappa shape index (κ2) is 5.06. The number of quaternary nitrogens is 1. The Labute approximate surface area is 81.3 Å². The molecule has 7 N–H and O–H groups in total. The van der Waals surface area contributed by atoms with Gasteiger partial charge in [-0.1, -0.05) is 0 Å². The number of ether oxygens (including phenoxy) is 1. The van der Waals surface area contributed by atoms with Crippen molar-refractivity contribution in [3.63, 3.8) is 0 Å². The van der Waals surface area contributed by atoms with Crippen molar-refractivity contribution in [2.45, 2.75) is 30.6 Å². The normalized spacial score (nSPS) is 45.5. The highest BCUT2D eigenvalue weighted by atomic mass is 35.5. The molecule has 0 aromatic carbocycles. The van der Waals surface area contributed by atoms with Crippen LogP contribution in [0.25, 0.3) is 0 Å². The summed E-state index contributed by atoms with van der Waals surface area (Å²) in [4.78, 5) is 0. The first-order valence-corrected chi connectivity index (χ1v) is 3.71. The van der Waals surface area contributed by atoms with E-state index in [1.54, 1.807) is 0 Å². The summed E-state index contributed by atoms with van der Waals surface area (Å²) in [6, 6.07) is -0.789. The van der Waals surface area contributed by atoms with Crippen molar-refractivity contribution in [2.24, 2.45) is 0 Å². The molecule has 0 saturated carbocycles. The summed E-state index contributed by atoms with van der Waals surface area (Å²) >= 11 is 0. The molecule has 0 spiro atoms. The van der Waals surface area contributed by atoms with Gasteiger partial charge in [-0.25, -0.2) is 0 Å². The van der Waals surface area contributed by atoms with Crippen LogP contribution in [-0.4, -0.2) is 57.7 Å². The minimum Gasteiger partial charge on any atom is -1.00 e. The highest BCUT2D eigenvalue weighted by molar-refractivity contribution is 4.87. The zero-order valence-corrected chi connectivity index (χ0v) is 7.63. The van der Waals surface area contributed by atoms with E-state index >= 15 is 0 Å². The molecule has 1 aliphatic rings. The van der Waals surface area contributed by atoms with Crippen LogP contribution in [0.2, 0.25) is 0 Å². The first-order valence-electron chi connectivity index (χ1n) is 3.71. The molecule has 1 rings (SSSR count). The lowest BCUT2D eigenvalue weighted by atomic mass is 9.98. The van der Waals surface area contributed by atoms with E-state index in [0.717, 1.165) is 0 Å². The SMILES string of the molecule is [Cl-].[NH3+]C1C(O)O[C@H](CO)[C@@H](O)[C@@H]1O. The van der Waals surface area contributed by atoms with Crippen molar-refractivity contribution >= 4 is 0 Å². The Balaban J connectivity index is 0.00000144. The van der Waals surface area contributed by atoms with Gasteiger partial charge in [0.1, 0.15) is 18.3 Å². The van der Waals surface area contributed by atoms with Gasteiger partial charge in [0.15, 0.2) is 6.04 Å². The molecule has 5 atom stereocenters. The van der Waals surface area contributed by atoms with E-state index in [1.165, 1.54) is 0 Å². The molecular formula is C6H14ClNO5. The predicted octanol–water partition coefficient (Wildman–Crippen LogP) is -6.97. The van der Waals surface area contributed by atoms with E-state index in [9.17, 15) is 10.2 Å². The van der Waals surface area contributed by atoms with Gasteiger partial charge in [0, 0.05) is 0 Å². The standard InChI is InChI=1S/C6H13NO5.ClH/c7-3-5(10)4(9)2(1-8)12-6(3)11;/h2-6,8-11H,1,7H2;1H/t2-,3?,4-,5-,6?;/m1./s1. The van der Waals surface area contributed by atoms with Crippen molar-refractivity contribution in [3.8, 4) is 0 Å². The van der Waals surface area contributed by atoms with E-state index in [-0.39, 0.29) is 12.4 Å². The number of hydrogen-bond donors (Lipinski definition) is 5. The summed E-state index contributed by atoms with van der Waals surface area (Å²) in [5.74, 6) is 0. The van der Waals surface area contributed by atoms with Crippen LogP contribution in [0.4, 0.5) is 0 Å². The molecule has 13 heavy (non-hydrogen) atoms. The molecular weight excluding hydrogens is 202 g/mol. The van der Waals surface area contributed by atoms with Crippen LogP contribution in [0.1, 0.15) is 0 Å². The Hall–Kier alpha value is 0.0500. The molecule has 1 fully saturated rings. The lowest BCUT2D eigenvalue weighted by molar-refractivity contribution is -0.497. The average Bonchev–Trinajstić information content (AvgIpc) is 2.08. The highest BCUT2D eigenvalue weighted by Crippen LogP contribution is 2.16. The first-order chi connectivity index (χ1) is 5.57. The van der Waals surface area contributed by atoms with E-state index in [4.69, 9.17) is 14.9 Å². The summed E-state index contributed by atoms with van der Waals surface area (Å²) in [6.45, 7) is -0.442.